The molecule has 7 heteroatoms. The molecule has 1 heterocycles. The van der Waals surface area contributed by atoms with Crippen LogP contribution in [0.2, 0.25) is 0 Å². The largest absolute Gasteiger partial charge is 0.326 e. The lowest BCUT2D eigenvalue weighted by Gasteiger charge is -2.30. The van der Waals surface area contributed by atoms with Crippen LogP contribution in [0.5, 0.6) is 0 Å². The number of amides is 1. The molecule has 2 aromatic carbocycles. The van der Waals surface area contributed by atoms with Gasteiger partial charge in [0, 0.05) is 24.7 Å². The number of aryl methyl sites for hydroxylation is 1. The number of halogens is 1. The number of anilines is 1. The fourth-order valence-electron chi connectivity index (χ4n) is 3.25. The molecule has 0 aromatic heterocycles. The SMILES string of the molecule is Cc1cccc(NC(=O)C2CCN(S(=O)(=O)Cc3ccc(F)cc3)CC2)c1. The van der Waals surface area contributed by atoms with Crippen LogP contribution in [0.15, 0.2) is 48.5 Å². The molecule has 1 fully saturated rings. The van der Waals surface area contributed by atoms with Gasteiger partial charge in [0.1, 0.15) is 5.82 Å². The summed E-state index contributed by atoms with van der Waals surface area (Å²) in [5.41, 5.74) is 2.37. The molecule has 1 aliphatic rings. The van der Waals surface area contributed by atoms with Gasteiger partial charge in [0.05, 0.1) is 5.75 Å². The molecule has 0 unspecified atom stereocenters. The maximum atomic E-state index is 13.0. The van der Waals surface area contributed by atoms with Crippen molar-refractivity contribution in [3.05, 3.63) is 65.5 Å². The fourth-order valence-corrected chi connectivity index (χ4v) is 4.81. The Balaban J connectivity index is 1.56. The average Bonchev–Trinajstić information content (AvgIpc) is 2.63. The Kier molecular flexibility index (Phi) is 5.92. The summed E-state index contributed by atoms with van der Waals surface area (Å²) in [5, 5.41) is 2.91. The van der Waals surface area contributed by atoms with Gasteiger partial charge in [-0.1, -0.05) is 24.3 Å². The predicted octanol–water partition coefficient (Wildman–Crippen LogP) is 3.31. The first-order chi connectivity index (χ1) is 12.8. The summed E-state index contributed by atoms with van der Waals surface area (Å²) in [5.74, 6) is -0.830. The Hall–Kier alpha value is -2.25. The number of hydrogen-bond acceptors (Lipinski definition) is 3. The highest BCUT2D eigenvalue weighted by atomic mass is 32.2. The molecule has 0 spiro atoms. The third kappa shape index (κ3) is 5.14. The summed E-state index contributed by atoms with van der Waals surface area (Å²) >= 11 is 0. The molecule has 2 aromatic rings. The highest BCUT2D eigenvalue weighted by Gasteiger charge is 2.31. The summed E-state index contributed by atoms with van der Waals surface area (Å²) in [6.45, 7) is 2.59. The highest BCUT2D eigenvalue weighted by Crippen LogP contribution is 2.23. The molecule has 27 heavy (non-hydrogen) atoms. The van der Waals surface area contributed by atoms with E-state index < -0.39 is 15.8 Å². The van der Waals surface area contributed by atoms with Crippen LogP contribution in [0.1, 0.15) is 24.0 Å². The summed E-state index contributed by atoms with van der Waals surface area (Å²) in [6, 6.07) is 13.1. The zero-order chi connectivity index (χ0) is 19.4. The van der Waals surface area contributed by atoms with Gasteiger partial charge in [-0.15, -0.1) is 0 Å². The zero-order valence-corrected chi connectivity index (χ0v) is 16.0. The molecule has 5 nitrogen and oxygen atoms in total. The van der Waals surface area contributed by atoms with E-state index in [0.717, 1.165) is 11.3 Å². The Morgan fingerprint density at radius 2 is 1.81 bits per heavy atom. The number of nitrogens with zero attached hydrogens (tertiary/aromatic N) is 1. The van der Waals surface area contributed by atoms with Crippen LogP contribution < -0.4 is 5.32 Å². The Labute approximate surface area is 159 Å². The third-order valence-electron chi connectivity index (χ3n) is 4.77. The van der Waals surface area contributed by atoms with Crippen LogP contribution in [0.25, 0.3) is 0 Å². The molecule has 1 saturated heterocycles. The van der Waals surface area contributed by atoms with Crippen molar-refractivity contribution in [3.8, 4) is 0 Å². The smallest absolute Gasteiger partial charge is 0.227 e. The summed E-state index contributed by atoms with van der Waals surface area (Å²) in [7, 11) is -3.48. The molecule has 1 amide bonds. The number of piperidine rings is 1. The first kappa shape index (κ1) is 19.5. The molecule has 0 saturated carbocycles. The maximum Gasteiger partial charge on any atom is 0.227 e. The van der Waals surface area contributed by atoms with Crippen LogP contribution in [0.3, 0.4) is 0 Å². The third-order valence-corrected chi connectivity index (χ3v) is 6.62. The van der Waals surface area contributed by atoms with Gasteiger partial charge < -0.3 is 5.32 Å². The van der Waals surface area contributed by atoms with Crippen molar-refractivity contribution in [3.63, 3.8) is 0 Å². The van der Waals surface area contributed by atoms with Crippen molar-refractivity contribution < 1.29 is 17.6 Å². The summed E-state index contributed by atoms with van der Waals surface area (Å²) in [6.07, 6.45) is 0.973. The molecular formula is C20H23FN2O3S. The van der Waals surface area contributed by atoms with Gasteiger partial charge in [-0.2, -0.15) is 0 Å². The van der Waals surface area contributed by atoms with Crippen LogP contribution in [0.4, 0.5) is 10.1 Å². The monoisotopic (exact) mass is 390 g/mol. The van der Waals surface area contributed by atoms with Gasteiger partial charge in [0.25, 0.3) is 0 Å². The number of carbonyl (C=O) groups excluding carboxylic acids is 1. The van der Waals surface area contributed by atoms with Crippen molar-refractivity contribution >= 4 is 21.6 Å². The van der Waals surface area contributed by atoms with Crippen molar-refractivity contribution in [2.24, 2.45) is 5.92 Å². The molecule has 3 rings (SSSR count). The molecule has 0 atom stereocenters. The number of carbonyl (C=O) groups is 1. The van der Waals surface area contributed by atoms with Gasteiger partial charge in [0.2, 0.25) is 15.9 Å². The second kappa shape index (κ2) is 8.19. The van der Waals surface area contributed by atoms with Crippen molar-refractivity contribution in [2.45, 2.75) is 25.5 Å². The van der Waals surface area contributed by atoms with Gasteiger partial charge in [-0.25, -0.2) is 17.1 Å². The number of rotatable bonds is 5. The van der Waals surface area contributed by atoms with E-state index in [4.69, 9.17) is 0 Å². The molecular weight excluding hydrogens is 367 g/mol. The lowest BCUT2D eigenvalue weighted by atomic mass is 9.97. The van der Waals surface area contributed by atoms with E-state index in [1.807, 2.05) is 31.2 Å². The van der Waals surface area contributed by atoms with E-state index in [-0.39, 0.29) is 17.6 Å². The van der Waals surface area contributed by atoms with Gasteiger partial charge in [0.15, 0.2) is 0 Å². The average molecular weight is 390 g/mol. The van der Waals surface area contributed by atoms with Gasteiger partial charge in [-0.05, 0) is 55.2 Å². The van der Waals surface area contributed by atoms with E-state index in [2.05, 4.69) is 5.32 Å². The number of benzene rings is 2. The van der Waals surface area contributed by atoms with Crippen LogP contribution in [-0.4, -0.2) is 31.7 Å². The molecule has 0 aliphatic carbocycles. The minimum atomic E-state index is -3.48. The van der Waals surface area contributed by atoms with Gasteiger partial charge in [-0.3, -0.25) is 4.79 Å². The van der Waals surface area contributed by atoms with Crippen molar-refractivity contribution in [2.75, 3.05) is 18.4 Å². The lowest BCUT2D eigenvalue weighted by Crippen LogP contribution is -2.41. The molecule has 144 valence electrons. The Morgan fingerprint density at radius 1 is 1.15 bits per heavy atom. The van der Waals surface area contributed by atoms with Gasteiger partial charge >= 0.3 is 0 Å². The minimum Gasteiger partial charge on any atom is -0.326 e. The standard InChI is InChI=1S/C20H23FN2O3S/c1-15-3-2-4-19(13-15)22-20(24)17-9-11-23(12-10-17)27(25,26)14-16-5-7-18(21)8-6-16/h2-8,13,17H,9-12,14H2,1H3,(H,22,24). The predicted molar refractivity (Wildman–Crippen MR) is 103 cm³/mol. The number of sulfonamides is 1. The highest BCUT2D eigenvalue weighted by molar-refractivity contribution is 7.88. The fraction of sp³-hybridized carbons (Fsp3) is 0.350. The minimum absolute atomic E-state index is 0.0730. The van der Waals surface area contributed by atoms with Crippen LogP contribution in [0, 0.1) is 18.7 Å². The first-order valence-electron chi connectivity index (χ1n) is 8.93. The maximum absolute atomic E-state index is 13.0. The number of nitrogens with one attached hydrogen (secondary N) is 1. The van der Waals surface area contributed by atoms with E-state index in [0.29, 0.717) is 31.5 Å². The molecule has 1 N–H and O–H groups in total. The number of hydrogen-bond donors (Lipinski definition) is 1. The van der Waals surface area contributed by atoms with Crippen molar-refractivity contribution in [1.29, 1.82) is 0 Å². The van der Waals surface area contributed by atoms with E-state index in [1.165, 1.54) is 28.6 Å². The zero-order valence-electron chi connectivity index (χ0n) is 15.2. The normalized spacial score (nSPS) is 16.2. The lowest BCUT2D eigenvalue weighted by molar-refractivity contribution is -0.120. The molecule has 1 aliphatic heterocycles. The van der Waals surface area contributed by atoms with Crippen LogP contribution in [-0.2, 0) is 20.6 Å². The topological polar surface area (TPSA) is 66.5 Å². The van der Waals surface area contributed by atoms with Crippen molar-refractivity contribution in [1.82, 2.24) is 4.31 Å². The molecule has 0 bridgehead atoms. The van der Waals surface area contributed by atoms with E-state index >= 15 is 0 Å². The summed E-state index contributed by atoms with van der Waals surface area (Å²) < 4.78 is 39.6. The molecule has 0 radical (unpaired) electrons. The van der Waals surface area contributed by atoms with E-state index in [9.17, 15) is 17.6 Å². The Morgan fingerprint density at radius 3 is 2.44 bits per heavy atom. The van der Waals surface area contributed by atoms with E-state index in [1.54, 1.807) is 0 Å². The summed E-state index contributed by atoms with van der Waals surface area (Å²) in [4.78, 5) is 12.4. The second-order valence-electron chi connectivity index (χ2n) is 6.91. The first-order valence-corrected chi connectivity index (χ1v) is 10.5. The Bertz CT molecular complexity index is 905. The second-order valence-corrected chi connectivity index (χ2v) is 8.88. The quantitative estimate of drug-likeness (QED) is 0.852. The van der Waals surface area contributed by atoms with Crippen LogP contribution >= 0.6 is 0 Å².